The van der Waals surface area contributed by atoms with Gasteiger partial charge in [0.05, 0.1) is 5.69 Å². The summed E-state index contributed by atoms with van der Waals surface area (Å²) < 4.78 is 2.07. The first-order valence-corrected chi connectivity index (χ1v) is 7.01. The van der Waals surface area contributed by atoms with Gasteiger partial charge in [-0.2, -0.15) is 5.10 Å². The van der Waals surface area contributed by atoms with E-state index in [1.165, 1.54) is 22.4 Å². The summed E-state index contributed by atoms with van der Waals surface area (Å²) in [5.74, 6) is 0. The molecule has 1 aromatic heterocycles. The zero-order valence-electron chi connectivity index (χ0n) is 12.3. The fourth-order valence-electron chi connectivity index (χ4n) is 2.53. The van der Waals surface area contributed by atoms with Crippen LogP contribution in [0.2, 0.25) is 0 Å². The van der Waals surface area contributed by atoms with Gasteiger partial charge in [-0.1, -0.05) is 25.1 Å². The molecule has 2 rings (SSSR count). The van der Waals surface area contributed by atoms with Crippen molar-refractivity contribution >= 4 is 0 Å². The molecule has 0 spiro atoms. The van der Waals surface area contributed by atoms with Gasteiger partial charge >= 0.3 is 0 Å². The molecule has 3 nitrogen and oxygen atoms in total. The van der Waals surface area contributed by atoms with E-state index in [0.717, 1.165) is 25.3 Å². The lowest BCUT2D eigenvalue weighted by Crippen LogP contribution is -2.11. The maximum atomic E-state index is 4.60. The summed E-state index contributed by atoms with van der Waals surface area (Å²) in [6.07, 6.45) is 0. The lowest BCUT2D eigenvalue weighted by Gasteiger charge is -2.07. The molecule has 0 aliphatic rings. The number of hydrogen-bond donors (Lipinski definition) is 1. The van der Waals surface area contributed by atoms with Crippen LogP contribution in [0.1, 0.15) is 30.8 Å². The van der Waals surface area contributed by atoms with Gasteiger partial charge in [0.25, 0.3) is 0 Å². The molecule has 0 saturated carbocycles. The van der Waals surface area contributed by atoms with Gasteiger partial charge in [-0.25, -0.2) is 0 Å². The third-order valence-electron chi connectivity index (χ3n) is 3.48. The zero-order chi connectivity index (χ0) is 13.8. The molecule has 1 aromatic carbocycles. The maximum Gasteiger partial charge on any atom is 0.0674 e. The van der Waals surface area contributed by atoms with Crippen molar-refractivity contribution in [3.8, 4) is 11.1 Å². The number of aryl methyl sites for hydroxylation is 2. The van der Waals surface area contributed by atoms with E-state index in [1.807, 2.05) is 0 Å². The van der Waals surface area contributed by atoms with Crippen molar-refractivity contribution in [2.45, 2.75) is 40.8 Å². The van der Waals surface area contributed by atoms with Crippen LogP contribution in [0, 0.1) is 13.8 Å². The lowest BCUT2D eigenvalue weighted by atomic mass is 10.0. The summed E-state index contributed by atoms with van der Waals surface area (Å²) in [7, 11) is 0. The second kappa shape index (κ2) is 6.02. The first kappa shape index (κ1) is 13.8. The van der Waals surface area contributed by atoms with E-state index in [-0.39, 0.29) is 0 Å². The van der Waals surface area contributed by atoms with E-state index in [0.29, 0.717) is 0 Å². The SMILES string of the molecule is CCNCc1cccc(-c2c(C)nn(CC)c2C)c1. The molecule has 0 radical (unpaired) electrons. The van der Waals surface area contributed by atoms with Gasteiger partial charge in [-0.15, -0.1) is 0 Å². The Morgan fingerprint density at radius 2 is 2.00 bits per heavy atom. The maximum absolute atomic E-state index is 4.60. The van der Waals surface area contributed by atoms with Crippen LogP contribution < -0.4 is 5.32 Å². The van der Waals surface area contributed by atoms with E-state index >= 15 is 0 Å². The fourth-order valence-corrected chi connectivity index (χ4v) is 2.53. The van der Waals surface area contributed by atoms with Crippen LogP contribution in [0.15, 0.2) is 24.3 Å². The van der Waals surface area contributed by atoms with Crippen LogP contribution >= 0.6 is 0 Å². The highest BCUT2D eigenvalue weighted by molar-refractivity contribution is 5.69. The Kier molecular flexibility index (Phi) is 4.38. The van der Waals surface area contributed by atoms with Gasteiger partial charge < -0.3 is 5.32 Å². The minimum absolute atomic E-state index is 0.920. The summed E-state index contributed by atoms with van der Waals surface area (Å²) in [4.78, 5) is 0. The van der Waals surface area contributed by atoms with Gasteiger partial charge in [-0.05, 0) is 44.5 Å². The molecule has 1 heterocycles. The Bertz CT molecular complexity index is 555. The highest BCUT2D eigenvalue weighted by Gasteiger charge is 2.12. The quantitative estimate of drug-likeness (QED) is 0.890. The Balaban J connectivity index is 2.39. The predicted octanol–water partition coefficient (Wildman–Crippen LogP) is 3.30. The van der Waals surface area contributed by atoms with E-state index < -0.39 is 0 Å². The van der Waals surface area contributed by atoms with Crippen LogP contribution in [0.5, 0.6) is 0 Å². The molecule has 0 aliphatic heterocycles. The smallest absolute Gasteiger partial charge is 0.0674 e. The Morgan fingerprint density at radius 1 is 1.21 bits per heavy atom. The Hall–Kier alpha value is -1.61. The van der Waals surface area contributed by atoms with Crippen molar-refractivity contribution in [1.82, 2.24) is 15.1 Å². The lowest BCUT2D eigenvalue weighted by molar-refractivity contribution is 0.634. The average Bonchev–Trinajstić information content (AvgIpc) is 2.71. The van der Waals surface area contributed by atoms with Crippen molar-refractivity contribution in [3.05, 3.63) is 41.2 Å². The van der Waals surface area contributed by atoms with E-state index in [9.17, 15) is 0 Å². The molecule has 0 saturated heterocycles. The standard InChI is InChI=1S/C16H23N3/c1-5-17-11-14-8-7-9-15(10-14)16-12(3)18-19(6-2)13(16)4/h7-10,17H,5-6,11H2,1-4H3. The molecular formula is C16H23N3. The second-order valence-corrected chi connectivity index (χ2v) is 4.84. The molecule has 0 aliphatic carbocycles. The third kappa shape index (κ3) is 2.87. The number of nitrogens with zero attached hydrogens (tertiary/aromatic N) is 2. The normalized spacial score (nSPS) is 10.9. The molecule has 3 heteroatoms. The molecule has 19 heavy (non-hydrogen) atoms. The summed E-state index contributed by atoms with van der Waals surface area (Å²) in [5, 5.41) is 7.97. The topological polar surface area (TPSA) is 29.9 Å². The van der Waals surface area contributed by atoms with Crippen molar-refractivity contribution in [1.29, 1.82) is 0 Å². The van der Waals surface area contributed by atoms with Gasteiger partial charge in [-0.3, -0.25) is 4.68 Å². The summed E-state index contributed by atoms with van der Waals surface area (Å²) in [5.41, 5.74) is 6.23. The molecule has 0 amide bonds. The Morgan fingerprint density at radius 3 is 2.63 bits per heavy atom. The van der Waals surface area contributed by atoms with Crippen molar-refractivity contribution < 1.29 is 0 Å². The number of benzene rings is 1. The van der Waals surface area contributed by atoms with E-state index in [1.54, 1.807) is 0 Å². The number of aromatic nitrogens is 2. The first-order chi connectivity index (χ1) is 9.17. The van der Waals surface area contributed by atoms with Gasteiger partial charge in [0.2, 0.25) is 0 Å². The fraction of sp³-hybridized carbons (Fsp3) is 0.438. The molecular weight excluding hydrogens is 234 g/mol. The minimum Gasteiger partial charge on any atom is -0.313 e. The van der Waals surface area contributed by atoms with Crippen molar-refractivity contribution in [3.63, 3.8) is 0 Å². The van der Waals surface area contributed by atoms with Gasteiger partial charge in [0, 0.05) is 24.3 Å². The summed E-state index contributed by atoms with van der Waals surface area (Å²) in [6, 6.07) is 8.73. The highest BCUT2D eigenvalue weighted by atomic mass is 15.3. The predicted molar refractivity (Wildman–Crippen MR) is 80.2 cm³/mol. The molecule has 102 valence electrons. The van der Waals surface area contributed by atoms with Crippen molar-refractivity contribution in [2.24, 2.45) is 0 Å². The molecule has 2 aromatic rings. The minimum atomic E-state index is 0.920. The zero-order valence-corrected chi connectivity index (χ0v) is 12.3. The largest absolute Gasteiger partial charge is 0.313 e. The van der Waals surface area contributed by atoms with E-state index in [2.05, 4.69) is 67.1 Å². The molecule has 0 unspecified atom stereocenters. The molecule has 1 N–H and O–H groups in total. The third-order valence-corrected chi connectivity index (χ3v) is 3.48. The number of hydrogen-bond acceptors (Lipinski definition) is 2. The first-order valence-electron chi connectivity index (χ1n) is 7.01. The Labute approximate surface area is 115 Å². The highest BCUT2D eigenvalue weighted by Crippen LogP contribution is 2.27. The number of nitrogens with one attached hydrogen (secondary N) is 1. The monoisotopic (exact) mass is 257 g/mol. The van der Waals surface area contributed by atoms with Crippen molar-refractivity contribution in [2.75, 3.05) is 6.54 Å². The number of rotatable bonds is 5. The summed E-state index contributed by atoms with van der Waals surface area (Å²) >= 11 is 0. The van der Waals surface area contributed by atoms with Gasteiger partial charge in [0.1, 0.15) is 0 Å². The van der Waals surface area contributed by atoms with Crippen LogP contribution in [0.25, 0.3) is 11.1 Å². The molecule has 0 atom stereocenters. The molecule has 0 fully saturated rings. The van der Waals surface area contributed by atoms with Crippen LogP contribution in [0.3, 0.4) is 0 Å². The van der Waals surface area contributed by atoms with Gasteiger partial charge in [0.15, 0.2) is 0 Å². The van der Waals surface area contributed by atoms with E-state index in [4.69, 9.17) is 0 Å². The molecule has 0 bridgehead atoms. The summed E-state index contributed by atoms with van der Waals surface area (Å²) in [6.45, 7) is 11.3. The second-order valence-electron chi connectivity index (χ2n) is 4.84. The average molecular weight is 257 g/mol. The van der Waals surface area contributed by atoms with Crippen LogP contribution in [0.4, 0.5) is 0 Å². The van der Waals surface area contributed by atoms with Crippen LogP contribution in [-0.2, 0) is 13.1 Å². The van der Waals surface area contributed by atoms with Crippen LogP contribution in [-0.4, -0.2) is 16.3 Å².